The molecule has 2 rings (SSSR count). The van der Waals surface area contributed by atoms with Gasteiger partial charge in [0.25, 0.3) is 5.91 Å². The van der Waals surface area contributed by atoms with Crippen LogP contribution in [-0.2, 0) is 10.0 Å². The van der Waals surface area contributed by atoms with E-state index in [1.165, 1.54) is 34.1 Å². The number of sulfonamides is 1. The predicted molar refractivity (Wildman–Crippen MR) is 99.5 cm³/mol. The Morgan fingerprint density at radius 3 is 2.36 bits per heavy atom. The van der Waals surface area contributed by atoms with Crippen molar-refractivity contribution in [2.45, 2.75) is 43.8 Å². The molecular weight excluding hydrogens is 395 g/mol. The minimum atomic E-state index is -4.26. The maximum absolute atomic E-state index is 12.6. The van der Waals surface area contributed by atoms with Crippen LogP contribution >= 0.6 is 0 Å². The molecule has 0 spiro atoms. The van der Waals surface area contributed by atoms with Gasteiger partial charge >= 0.3 is 6.18 Å². The highest BCUT2D eigenvalue weighted by atomic mass is 32.2. The van der Waals surface area contributed by atoms with Gasteiger partial charge in [-0.15, -0.1) is 0 Å². The number of nitrogens with one attached hydrogen (secondary N) is 1. The maximum atomic E-state index is 12.6. The molecule has 1 amide bonds. The number of benzene rings is 1. The van der Waals surface area contributed by atoms with Crippen LogP contribution in [0.15, 0.2) is 29.2 Å². The largest absolute Gasteiger partial charge is 0.401 e. The van der Waals surface area contributed by atoms with Crippen molar-refractivity contribution in [2.75, 3.05) is 32.7 Å². The van der Waals surface area contributed by atoms with Gasteiger partial charge in [0.05, 0.1) is 11.4 Å². The third kappa shape index (κ3) is 6.46. The molecule has 1 aromatic carbocycles. The number of hydrogen-bond donors (Lipinski definition) is 1. The summed E-state index contributed by atoms with van der Waals surface area (Å²) in [4.78, 5) is 15.5. The summed E-state index contributed by atoms with van der Waals surface area (Å²) in [7, 11) is -3.66. The van der Waals surface area contributed by atoms with Gasteiger partial charge in [0, 0.05) is 37.8 Å². The van der Waals surface area contributed by atoms with Gasteiger partial charge in [0.2, 0.25) is 10.0 Å². The van der Waals surface area contributed by atoms with Crippen molar-refractivity contribution in [2.24, 2.45) is 0 Å². The molecule has 1 aromatic rings. The summed E-state index contributed by atoms with van der Waals surface area (Å²) < 4.78 is 64.8. The first-order valence-electron chi connectivity index (χ1n) is 9.22. The van der Waals surface area contributed by atoms with Gasteiger partial charge in [0.15, 0.2) is 0 Å². The SMILES string of the molecule is CCC(C)NS(=O)(=O)c1ccc(C(=O)N2CCCN(CC(F)(F)F)CC2)cc1. The van der Waals surface area contributed by atoms with Crippen LogP contribution in [0, 0.1) is 0 Å². The maximum Gasteiger partial charge on any atom is 0.401 e. The Kier molecular flexibility index (Phi) is 7.46. The summed E-state index contributed by atoms with van der Waals surface area (Å²) in [6.07, 6.45) is -3.16. The zero-order chi connectivity index (χ0) is 20.9. The molecule has 0 radical (unpaired) electrons. The third-order valence-corrected chi connectivity index (χ3v) is 6.26. The number of rotatable bonds is 6. The van der Waals surface area contributed by atoms with Gasteiger partial charge in [-0.3, -0.25) is 9.69 Å². The molecule has 0 saturated carbocycles. The number of nitrogens with zero attached hydrogens (tertiary/aromatic N) is 2. The first-order chi connectivity index (χ1) is 13.0. The van der Waals surface area contributed by atoms with Crippen molar-refractivity contribution < 1.29 is 26.4 Å². The molecule has 10 heteroatoms. The first kappa shape index (κ1) is 22.6. The average molecular weight is 421 g/mol. The molecule has 1 aliphatic rings. The van der Waals surface area contributed by atoms with E-state index in [0.29, 0.717) is 24.9 Å². The molecule has 158 valence electrons. The van der Waals surface area contributed by atoms with Gasteiger partial charge in [-0.1, -0.05) is 6.92 Å². The Balaban J connectivity index is 2.03. The average Bonchev–Trinajstić information content (AvgIpc) is 2.84. The van der Waals surface area contributed by atoms with Gasteiger partial charge in [-0.05, 0) is 44.0 Å². The lowest BCUT2D eigenvalue weighted by Gasteiger charge is -2.23. The summed E-state index contributed by atoms with van der Waals surface area (Å²) in [5.41, 5.74) is 0.312. The van der Waals surface area contributed by atoms with Crippen LogP contribution in [0.1, 0.15) is 37.0 Å². The molecule has 1 N–H and O–H groups in total. The minimum Gasteiger partial charge on any atom is -0.337 e. The first-order valence-corrected chi connectivity index (χ1v) is 10.7. The molecule has 1 saturated heterocycles. The lowest BCUT2D eigenvalue weighted by molar-refractivity contribution is -0.145. The summed E-state index contributed by atoms with van der Waals surface area (Å²) in [5, 5.41) is 0. The third-order valence-electron chi connectivity index (χ3n) is 4.66. The fourth-order valence-electron chi connectivity index (χ4n) is 2.96. The van der Waals surface area contributed by atoms with E-state index in [0.717, 1.165) is 0 Å². The van der Waals surface area contributed by atoms with Crippen LogP contribution in [0.5, 0.6) is 0 Å². The summed E-state index contributed by atoms with van der Waals surface area (Å²) >= 11 is 0. The standard InChI is InChI=1S/C18H26F3N3O3S/c1-3-14(2)22-28(26,27)16-7-5-15(6-8-16)17(25)24-10-4-9-23(11-12-24)13-18(19,20)21/h5-8,14,22H,3-4,9-13H2,1-2H3. The minimum absolute atomic E-state index is 0.0663. The van der Waals surface area contributed by atoms with Gasteiger partial charge in [0.1, 0.15) is 0 Å². The van der Waals surface area contributed by atoms with Crippen molar-refractivity contribution >= 4 is 15.9 Å². The second-order valence-corrected chi connectivity index (χ2v) is 8.71. The van der Waals surface area contributed by atoms with Crippen molar-refractivity contribution in [3.8, 4) is 0 Å². The fraction of sp³-hybridized carbons (Fsp3) is 0.611. The second-order valence-electron chi connectivity index (χ2n) is 6.99. The Morgan fingerprint density at radius 1 is 1.14 bits per heavy atom. The normalized spacial score (nSPS) is 18.0. The zero-order valence-electron chi connectivity index (χ0n) is 16.0. The van der Waals surface area contributed by atoms with E-state index in [9.17, 15) is 26.4 Å². The molecular formula is C18H26F3N3O3S. The Hall–Kier alpha value is -1.65. The molecule has 1 heterocycles. The highest BCUT2D eigenvalue weighted by Crippen LogP contribution is 2.19. The molecule has 1 fully saturated rings. The Bertz CT molecular complexity index is 767. The molecule has 1 aliphatic heterocycles. The lowest BCUT2D eigenvalue weighted by atomic mass is 10.2. The number of carbonyl (C=O) groups excluding carboxylic acids is 1. The van der Waals surface area contributed by atoms with E-state index < -0.39 is 22.7 Å². The summed E-state index contributed by atoms with van der Waals surface area (Å²) in [6.45, 7) is 3.64. The quantitative estimate of drug-likeness (QED) is 0.766. The van der Waals surface area contributed by atoms with E-state index in [1.54, 1.807) is 6.92 Å². The van der Waals surface area contributed by atoms with Crippen molar-refractivity contribution in [1.82, 2.24) is 14.5 Å². The molecule has 6 nitrogen and oxygen atoms in total. The molecule has 1 unspecified atom stereocenters. The molecule has 0 aliphatic carbocycles. The topological polar surface area (TPSA) is 69.7 Å². The smallest absolute Gasteiger partial charge is 0.337 e. The lowest BCUT2D eigenvalue weighted by Crippen LogP contribution is -2.38. The highest BCUT2D eigenvalue weighted by molar-refractivity contribution is 7.89. The Labute approximate surface area is 163 Å². The van der Waals surface area contributed by atoms with Crippen LogP contribution in [-0.4, -0.2) is 69.1 Å². The van der Waals surface area contributed by atoms with Crippen molar-refractivity contribution in [3.63, 3.8) is 0 Å². The number of carbonyl (C=O) groups is 1. The number of hydrogen-bond acceptors (Lipinski definition) is 4. The summed E-state index contributed by atoms with van der Waals surface area (Å²) in [6, 6.07) is 5.40. The molecule has 1 atom stereocenters. The zero-order valence-corrected chi connectivity index (χ0v) is 16.8. The number of halogens is 3. The van der Waals surface area contributed by atoms with Crippen molar-refractivity contribution in [1.29, 1.82) is 0 Å². The molecule has 0 aromatic heterocycles. The van der Waals surface area contributed by atoms with Crippen molar-refractivity contribution in [3.05, 3.63) is 29.8 Å². The van der Waals surface area contributed by atoms with E-state index in [4.69, 9.17) is 0 Å². The molecule has 0 bridgehead atoms. The molecule has 28 heavy (non-hydrogen) atoms. The van der Waals surface area contributed by atoms with Crippen LogP contribution in [0.3, 0.4) is 0 Å². The van der Waals surface area contributed by atoms with E-state index in [2.05, 4.69) is 4.72 Å². The van der Waals surface area contributed by atoms with Crippen LogP contribution in [0.4, 0.5) is 13.2 Å². The fourth-order valence-corrected chi connectivity index (χ4v) is 4.29. The number of alkyl halides is 3. The highest BCUT2D eigenvalue weighted by Gasteiger charge is 2.32. The summed E-state index contributed by atoms with van der Waals surface area (Å²) in [5.74, 6) is -0.312. The van der Waals surface area contributed by atoms with E-state index >= 15 is 0 Å². The van der Waals surface area contributed by atoms with Gasteiger partial charge in [-0.2, -0.15) is 13.2 Å². The predicted octanol–water partition coefficient (Wildman–Crippen LogP) is 2.47. The van der Waals surface area contributed by atoms with Crippen LogP contribution in [0.2, 0.25) is 0 Å². The monoisotopic (exact) mass is 421 g/mol. The van der Waals surface area contributed by atoms with Crippen LogP contribution < -0.4 is 4.72 Å². The Morgan fingerprint density at radius 2 is 1.79 bits per heavy atom. The van der Waals surface area contributed by atoms with Crippen LogP contribution in [0.25, 0.3) is 0 Å². The van der Waals surface area contributed by atoms with E-state index in [-0.39, 0.29) is 36.5 Å². The second kappa shape index (κ2) is 9.23. The van der Waals surface area contributed by atoms with Gasteiger partial charge < -0.3 is 4.90 Å². The van der Waals surface area contributed by atoms with Gasteiger partial charge in [-0.25, -0.2) is 13.1 Å². The number of amides is 1. The van der Waals surface area contributed by atoms with E-state index in [1.807, 2.05) is 6.92 Å².